The number of carbonyl (C=O) groups is 1. The number of benzene rings is 2. The molecule has 0 aromatic heterocycles. The summed E-state index contributed by atoms with van der Waals surface area (Å²) >= 11 is 0. The minimum absolute atomic E-state index is 0.00442. The molecule has 2 aromatic rings. The van der Waals surface area contributed by atoms with Crippen LogP contribution in [0.1, 0.15) is 37.4 Å². The van der Waals surface area contributed by atoms with Crippen molar-refractivity contribution >= 4 is 5.91 Å². The SMILES string of the molecule is CCCNC(=O)[C@@H](C)NC(c1ccccc1)c1ccccc1. The zero-order valence-corrected chi connectivity index (χ0v) is 13.3. The van der Waals surface area contributed by atoms with E-state index in [0.29, 0.717) is 6.54 Å². The minimum atomic E-state index is -0.253. The average molecular weight is 296 g/mol. The predicted molar refractivity (Wildman–Crippen MR) is 90.6 cm³/mol. The Bertz CT molecular complexity index is 529. The zero-order valence-electron chi connectivity index (χ0n) is 13.3. The van der Waals surface area contributed by atoms with Crippen molar-refractivity contribution in [2.75, 3.05) is 6.54 Å². The summed E-state index contributed by atoms with van der Waals surface area (Å²) in [5, 5.41) is 6.39. The van der Waals surface area contributed by atoms with E-state index in [1.165, 1.54) is 0 Å². The van der Waals surface area contributed by atoms with Gasteiger partial charge in [0.1, 0.15) is 0 Å². The lowest BCUT2D eigenvalue weighted by molar-refractivity contribution is -0.122. The Morgan fingerprint density at radius 1 is 0.955 bits per heavy atom. The number of carbonyl (C=O) groups excluding carboxylic acids is 1. The first-order valence-electron chi connectivity index (χ1n) is 7.86. The summed E-state index contributed by atoms with van der Waals surface area (Å²) in [6.07, 6.45) is 0.944. The van der Waals surface area contributed by atoms with Crippen LogP contribution in [-0.2, 0) is 4.79 Å². The van der Waals surface area contributed by atoms with E-state index in [-0.39, 0.29) is 18.0 Å². The second kappa shape index (κ2) is 8.35. The first-order valence-corrected chi connectivity index (χ1v) is 7.86. The van der Waals surface area contributed by atoms with E-state index >= 15 is 0 Å². The van der Waals surface area contributed by atoms with Crippen molar-refractivity contribution in [2.24, 2.45) is 0 Å². The van der Waals surface area contributed by atoms with Gasteiger partial charge in [0.05, 0.1) is 12.1 Å². The van der Waals surface area contributed by atoms with Crippen molar-refractivity contribution in [1.82, 2.24) is 10.6 Å². The number of amides is 1. The first-order chi connectivity index (χ1) is 10.7. The maximum Gasteiger partial charge on any atom is 0.236 e. The molecule has 0 fully saturated rings. The second-order valence-electron chi connectivity index (χ2n) is 5.43. The molecule has 2 N–H and O–H groups in total. The van der Waals surface area contributed by atoms with E-state index in [1.807, 2.05) is 43.3 Å². The molecule has 3 nitrogen and oxygen atoms in total. The molecule has 22 heavy (non-hydrogen) atoms. The first kappa shape index (κ1) is 16.2. The van der Waals surface area contributed by atoms with Gasteiger partial charge in [0.25, 0.3) is 0 Å². The summed E-state index contributed by atoms with van der Waals surface area (Å²) in [6, 6.07) is 20.2. The third-order valence-corrected chi connectivity index (χ3v) is 3.62. The molecule has 0 aliphatic carbocycles. The van der Waals surface area contributed by atoms with Crippen LogP contribution in [0.3, 0.4) is 0 Å². The summed E-state index contributed by atoms with van der Waals surface area (Å²) in [5.74, 6) is 0.0405. The molecule has 0 aliphatic rings. The quantitative estimate of drug-likeness (QED) is 0.823. The maximum atomic E-state index is 12.1. The minimum Gasteiger partial charge on any atom is -0.355 e. The Balaban J connectivity index is 2.17. The zero-order chi connectivity index (χ0) is 15.8. The van der Waals surface area contributed by atoms with Crippen molar-refractivity contribution in [3.05, 3.63) is 71.8 Å². The van der Waals surface area contributed by atoms with Crippen LogP contribution in [0.15, 0.2) is 60.7 Å². The number of hydrogen-bond donors (Lipinski definition) is 2. The van der Waals surface area contributed by atoms with Gasteiger partial charge in [-0.05, 0) is 24.5 Å². The summed E-state index contributed by atoms with van der Waals surface area (Å²) in [5.41, 5.74) is 2.31. The van der Waals surface area contributed by atoms with Crippen LogP contribution in [-0.4, -0.2) is 18.5 Å². The van der Waals surface area contributed by atoms with Crippen molar-refractivity contribution in [3.63, 3.8) is 0 Å². The van der Waals surface area contributed by atoms with Crippen LogP contribution in [0, 0.1) is 0 Å². The molecule has 1 amide bonds. The van der Waals surface area contributed by atoms with Crippen LogP contribution < -0.4 is 10.6 Å². The molecule has 2 rings (SSSR count). The van der Waals surface area contributed by atoms with E-state index in [2.05, 4.69) is 41.8 Å². The van der Waals surface area contributed by atoms with Crippen LogP contribution >= 0.6 is 0 Å². The molecule has 0 spiro atoms. The average Bonchev–Trinajstić information content (AvgIpc) is 2.58. The monoisotopic (exact) mass is 296 g/mol. The largest absolute Gasteiger partial charge is 0.355 e. The van der Waals surface area contributed by atoms with Crippen molar-refractivity contribution < 1.29 is 4.79 Å². The fourth-order valence-corrected chi connectivity index (χ4v) is 2.40. The summed E-state index contributed by atoms with van der Waals surface area (Å²) in [7, 11) is 0. The smallest absolute Gasteiger partial charge is 0.236 e. The Kier molecular flexibility index (Phi) is 6.16. The van der Waals surface area contributed by atoms with Crippen molar-refractivity contribution in [3.8, 4) is 0 Å². The van der Waals surface area contributed by atoms with Crippen molar-refractivity contribution in [2.45, 2.75) is 32.4 Å². The van der Waals surface area contributed by atoms with E-state index in [9.17, 15) is 4.79 Å². The molecule has 0 aliphatic heterocycles. The van der Waals surface area contributed by atoms with Crippen LogP contribution in [0.4, 0.5) is 0 Å². The molecule has 2 aromatic carbocycles. The second-order valence-corrected chi connectivity index (χ2v) is 5.43. The molecule has 0 heterocycles. The summed E-state index contributed by atoms with van der Waals surface area (Å²) in [6.45, 7) is 4.67. The molecule has 3 heteroatoms. The van der Waals surface area contributed by atoms with Gasteiger partial charge in [0, 0.05) is 6.54 Å². The number of nitrogens with one attached hydrogen (secondary N) is 2. The number of hydrogen-bond acceptors (Lipinski definition) is 2. The molecule has 0 radical (unpaired) electrons. The van der Waals surface area contributed by atoms with Crippen LogP contribution in [0.2, 0.25) is 0 Å². The van der Waals surface area contributed by atoms with Gasteiger partial charge in [-0.3, -0.25) is 10.1 Å². The Morgan fingerprint density at radius 2 is 1.45 bits per heavy atom. The summed E-state index contributed by atoms with van der Waals surface area (Å²) in [4.78, 5) is 12.1. The molecule has 1 atom stereocenters. The van der Waals surface area contributed by atoms with Crippen LogP contribution in [0.25, 0.3) is 0 Å². The molecule has 116 valence electrons. The Labute approximate surface area is 132 Å². The molecule has 0 bridgehead atoms. The molecular weight excluding hydrogens is 272 g/mol. The van der Waals surface area contributed by atoms with E-state index in [0.717, 1.165) is 17.5 Å². The van der Waals surface area contributed by atoms with Gasteiger partial charge in [-0.15, -0.1) is 0 Å². The van der Waals surface area contributed by atoms with Gasteiger partial charge < -0.3 is 5.32 Å². The molecule has 0 unspecified atom stereocenters. The highest BCUT2D eigenvalue weighted by Gasteiger charge is 2.20. The lowest BCUT2D eigenvalue weighted by atomic mass is 9.98. The predicted octanol–water partition coefficient (Wildman–Crippen LogP) is 3.28. The molecular formula is C19H24N2O. The fraction of sp³-hybridized carbons (Fsp3) is 0.316. The third-order valence-electron chi connectivity index (χ3n) is 3.62. The highest BCUT2D eigenvalue weighted by Crippen LogP contribution is 2.22. The highest BCUT2D eigenvalue weighted by atomic mass is 16.2. The Morgan fingerprint density at radius 3 is 1.91 bits per heavy atom. The molecule has 0 saturated carbocycles. The lowest BCUT2D eigenvalue weighted by Crippen LogP contribution is -2.44. The summed E-state index contributed by atoms with van der Waals surface area (Å²) < 4.78 is 0. The van der Waals surface area contributed by atoms with Gasteiger partial charge in [-0.2, -0.15) is 0 Å². The highest BCUT2D eigenvalue weighted by molar-refractivity contribution is 5.81. The van der Waals surface area contributed by atoms with Gasteiger partial charge in [-0.1, -0.05) is 67.6 Å². The van der Waals surface area contributed by atoms with E-state index in [4.69, 9.17) is 0 Å². The number of rotatable bonds is 7. The molecule has 0 saturated heterocycles. The van der Waals surface area contributed by atoms with Crippen molar-refractivity contribution in [1.29, 1.82) is 0 Å². The van der Waals surface area contributed by atoms with E-state index < -0.39 is 0 Å². The van der Waals surface area contributed by atoms with E-state index in [1.54, 1.807) is 0 Å². The van der Waals surface area contributed by atoms with Gasteiger partial charge >= 0.3 is 0 Å². The van der Waals surface area contributed by atoms with Gasteiger partial charge in [0.15, 0.2) is 0 Å². The topological polar surface area (TPSA) is 41.1 Å². The van der Waals surface area contributed by atoms with Gasteiger partial charge in [-0.25, -0.2) is 0 Å². The fourth-order valence-electron chi connectivity index (χ4n) is 2.40. The normalized spacial score (nSPS) is 12.1. The van der Waals surface area contributed by atoms with Gasteiger partial charge in [0.2, 0.25) is 5.91 Å². The maximum absolute atomic E-state index is 12.1. The Hall–Kier alpha value is -2.13. The lowest BCUT2D eigenvalue weighted by Gasteiger charge is -2.24. The standard InChI is InChI=1S/C19H24N2O/c1-3-14-20-19(22)15(2)21-18(16-10-6-4-7-11-16)17-12-8-5-9-13-17/h4-13,15,18,21H,3,14H2,1-2H3,(H,20,22)/t15-/m1/s1. The third kappa shape index (κ3) is 4.43. The van der Waals surface area contributed by atoms with Crippen LogP contribution in [0.5, 0.6) is 0 Å².